The average molecular weight is 384 g/mol. The smallest absolute Gasteiger partial charge is 0.163 e. The third-order valence-electron chi connectivity index (χ3n) is 4.17. The molecule has 7 heteroatoms. The van der Waals surface area contributed by atoms with Gasteiger partial charge in [-0.3, -0.25) is 4.98 Å². The van der Waals surface area contributed by atoms with Crippen LogP contribution in [0.2, 0.25) is 0 Å². The number of aromatic nitrogens is 1. The molecule has 0 aliphatic rings. The molecule has 0 saturated heterocycles. The maximum Gasteiger partial charge on any atom is 0.163 e. The molecule has 148 valence electrons. The van der Waals surface area contributed by atoms with E-state index in [0.29, 0.717) is 47.6 Å². The molecule has 2 N–H and O–H groups in total. The Balaban J connectivity index is 1.91. The highest BCUT2D eigenvalue weighted by Crippen LogP contribution is 2.38. The fourth-order valence-corrected chi connectivity index (χ4v) is 2.76. The van der Waals surface area contributed by atoms with Crippen LogP contribution in [0.3, 0.4) is 0 Å². The van der Waals surface area contributed by atoms with Crippen molar-refractivity contribution >= 4 is 16.6 Å². The van der Waals surface area contributed by atoms with Crippen molar-refractivity contribution in [1.82, 2.24) is 4.98 Å². The lowest BCUT2D eigenvalue weighted by atomic mass is 10.1. The SMILES string of the molecule is COCCCOc1cc2nccc(Oc3ccc(N)c(OC)c3)c2cc1OC. The Kier molecular flexibility index (Phi) is 6.39. The molecule has 2 aromatic carbocycles. The number of nitrogens with zero attached hydrogens (tertiary/aromatic N) is 1. The third kappa shape index (κ3) is 4.37. The second kappa shape index (κ2) is 9.14. The van der Waals surface area contributed by atoms with E-state index in [-0.39, 0.29) is 0 Å². The van der Waals surface area contributed by atoms with Gasteiger partial charge in [0, 0.05) is 43.9 Å². The van der Waals surface area contributed by atoms with E-state index >= 15 is 0 Å². The maximum atomic E-state index is 6.05. The summed E-state index contributed by atoms with van der Waals surface area (Å²) in [5, 5.41) is 0.805. The number of nitrogens with two attached hydrogens (primary N) is 1. The van der Waals surface area contributed by atoms with Crippen LogP contribution in [0.4, 0.5) is 5.69 Å². The molecule has 0 amide bonds. The summed E-state index contributed by atoms with van der Waals surface area (Å²) in [5.41, 5.74) is 7.15. The van der Waals surface area contributed by atoms with E-state index in [2.05, 4.69) is 4.98 Å². The van der Waals surface area contributed by atoms with E-state index in [4.69, 9.17) is 29.4 Å². The Morgan fingerprint density at radius 2 is 1.68 bits per heavy atom. The van der Waals surface area contributed by atoms with Crippen molar-refractivity contribution < 1.29 is 23.7 Å². The molecule has 0 bridgehead atoms. The molecule has 0 aliphatic heterocycles. The number of anilines is 1. The van der Waals surface area contributed by atoms with E-state index in [1.54, 1.807) is 51.8 Å². The van der Waals surface area contributed by atoms with Gasteiger partial charge in [-0.25, -0.2) is 0 Å². The summed E-state index contributed by atoms with van der Waals surface area (Å²) in [4.78, 5) is 4.43. The zero-order valence-corrected chi connectivity index (χ0v) is 16.2. The Morgan fingerprint density at radius 1 is 0.857 bits per heavy atom. The fraction of sp³-hybridized carbons (Fsp3) is 0.286. The van der Waals surface area contributed by atoms with Crippen molar-refractivity contribution in [2.45, 2.75) is 6.42 Å². The van der Waals surface area contributed by atoms with E-state index in [9.17, 15) is 0 Å². The normalized spacial score (nSPS) is 10.7. The van der Waals surface area contributed by atoms with Crippen LogP contribution in [-0.4, -0.2) is 39.5 Å². The highest BCUT2D eigenvalue weighted by molar-refractivity contribution is 5.88. The zero-order chi connectivity index (χ0) is 19.9. The van der Waals surface area contributed by atoms with Gasteiger partial charge in [0.15, 0.2) is 11.5 Å². The van der Waals surface area contributed by atoms with Crippen molar-refractivity contribution in [2.24, 2.45) is 0 Å². The summed E-state index contributed by atoms with van der Waals surface area (Å²) in [6, 6.07) is 10.8. The fourth-order valence-electron chi connectivity index (χ4n) is 2.76. The number of hydrogen-bond acceptors (Lipinski definition) is 7. The number of pyridine rings is 1. The van der Waals surface area contributed by atoms with Crippen LogP contribution in [0.25, 0.3) is 10.9 Å². The van der Waals surface area contributed by atoms with Crippen molar-refractivity contribution in [3.05, 3.63) is 42.6 Å². The topological polar surface area (TPSA) is 85.1 Å². The molecule has 0 fully saturated rings. The highest BCUT2D eigenvalue weighted by Gasteiger charge is 2.13. The number of ether oxygens (including phenoxy) is 5. The van der Waals surface area contributed by atoms with Gasteiger partial charge >= 0.3 is 0 Å². The highest BCUT2D eigenvalue weighted by atomic mass is 16.5. The van der Waals surface area contributed by atoms with Gasteiger partial charge in [-0.05, 0) is 24.3 Å². The Labute approximate surface area is 163 Å². The largest absolute Gasteiger partial charge is 0.494 e. The number of fused-ring (bicyclic) bond motifs is 1. The van der Waals surface area contributed by atoms with Crippen molar-refractivity contribution in [1.29, 1.82) is 0 Å². The van der Waals surface area contributed by atoms with Crippen molar-refractivity contribution in [3.8, 4) is 28.7 Å². The number of hydrogen-bond donors (Lipinski definition) is 1. The average Bonchev–Trinajstić information content (AvgIpc) is 2.72. The van der Waals surface area contributed by atoms with Gasteiger partial charge in [0.2, 0.25) is 0 Å². The van der Waals surface area contributed by atoms with E-state index in [0.717, 1.165) is 17.3 Å². The first kappa shape index (κ1) is 19.6. The predicted octanol–water partition coefficient (Wildman–Crippen LogP) is 4.04. The molecule has 1 heterocycles. The van der Waals surface area contributed by atoms with Gasteiger partial charge in [-0.1, -0.05) is 0 Å². The Morgan fingerprint density at radius 3 is 2.43 bits per heavy atom. The van der Waals surface area contributed by atoms with E-state index in [1.807, 2.05) is 12.1 Å². The molecule has 0 aliphatic carbocycles. The van der Waals surface area contributed by atoms with Crippen LogP contribution in [0.15, 0.2) is 42.6 Å². The summed E-state index contributed by atoms with van der Waals surface area (Å²) >= 11 is 0. The molecule has 0 radical (unpaired) electrons. The second-order valence-electron chi connectivity index (χ2n) is 6.03. The molecule has 0 atom stereocenters. The lowest BCUT2D eigenvalue weighted by molar-refractivity contribution is 0.170. The molecular formula is C21H24N2O5. The first-order chi connectivity index (χ1) is 13.7. The summed E-state index contributed by atoms with van der Waals surface area (Å²) in [6.07, 6.45) is 2.47. The number of methoxy groups -OCH3 is 3. The number of rotatable bonds is 9. The summed E-state index contributed by atoms with van der Waals surface area (Å²) in [6.45, 7) is 1.16. The molecule has 28 heavy (non-hydrogen) atoms. The lowest BCUT2D eigenvalue weighted by Crippen LogP contribution is -2.03. The number of nitrogen functional groups attached to an aromatic ring is 1. The summed E-state index contributed by atoms with van der Waals surface area (Å²) < 4.78 is 27.7. The van der Waals surface area contributed by atoms with Crippen molar-refractivity contribution in [2.75, 3.05) is 40.3 Å². The van der Waals surface area contributed by atoms with Gasteiger partial charge in [0.1, 0.15) is 17.2 Å². The van der Waals surface area contributed by atoms with Crippen LogP contribution in [0, 0.1) is 0 Å². The predicted molar refractivity (Wildman–Crippen MR) is 108 cm³/mol. The second-order valence-corrected chi connectivity index (χ2v) is 6.03. The summed E-state index contributed by atoms with van der Waals surface area (Å²) in [5.74, 6) is 3.04. The van der Waals surface area contributed by atoms with Gasteiger partial charge in [0.25, 0.3) is 0 Å². The van der Waals surface area contributed by atoms with Crippen LogP contribution >= 0.6 is 0 Å². The maximum absolute atomic E-state index is 6.05. The minimum atomic E-state index is 0.525. The molecule has 0 saturated carbocycles. The monoisotopic (exact) mass is 384 g/mol. The first-order valence-corrected chi connectivity index (χ1v) is 8.86. The molecule has 1 aromatic heterocycles. The molecule has 3 aromatic rings. The lowest BCUT2D eigenvalue weighted by Gasteiger charge is -2.14. The molecule has 7 nitrogen and oxygen atoms in total. The molecule has 3 rings (SSSR count). The number of benzene rings is 2. The Bertz CT molecular complexity index is 945. The minimum Gasteiger partial charge on any atom is -0.494 e. The van der Waals surface area contributed by atoms with Gasteiger partial charge < -0.3 is 29.4 Å². The summed E-state index contributed by atoms with van der Waals surface area (Å²) in [7, 11) is 4.83. The van der Waals surface area contributed by atoms with Crippen molar-refractivity contribution in [3.63, 3.8) is 0 Å². The van der Waals surface area contributed by atoms with E-state index in [1.165, 1.54) is 0 Å². The van der Waals surface area contributed by atoms with Gasteiger partial charge in [-0.2, -0.15) is 0 Å². The molecule has 0 unspecified atom stereocenters. The molecular weight excluding hydrogens is 360 g/mol. The minimum absolute atomic E-state index is 0.525. The van der Waals surface area contributed by atoms with E-state index < -0.39 is 0 Å². The quantitative estimate of drug-likeness (QED) is 0.440. The third-order valence-corrected chi connectivity index (χ3v) is 4.17. The van der Waals surface area contributed by atoms with Crippen LogP contribution < -0.4 is 24.7 Å². The standard InChI is InChI=1S/C21H24N2O5/c1-24-9-4-10-27-21-13-17-15(12-20(21)26-3)18(7-8-23-17)28-14-5-6-16(22)19(11-14)25-2/h5-8,11-13H,4,9-10,22H2,1-3H3. The van der Waals surface area contributed by atoms with Crippen LogP contribution in [-0.2, 0) is 4.74 Å². The molecule has 0 spiro atoms. The van der Waals surface area contributed by atoms with Crippen LogP contribution in [0.5, 0.6) is 28.7 Å². The first-order valence-electron chi connectivity index (χ1n) is 8.86. The zero-order valence-electron chi connectivity index (χ0n) is 16.2. The Hall–Kier alpha value is -3.19. The van der Waals surface area contributed by atoms with Gasteiger partial charge in [-0.15, -0.1) is 0 Å². The van der Waals surface area contributed by atoms with Gasteiger partial charge in [0.05, 0.1) is 32.0 Å². The van der Waals surface area contributed by atoms with Crippen LogP contribution in [0.1, 0.15) is 6.42 Å².